The van der Waals surface area contributed by atoms with Crippen molar-refractivity contribution in [1.82, 2.24) is 9.13 Å². The summed E-state index contributed by atoms with van der Waals surface area (Å²) < 4.78 is 10.5. The first-order valence-electron chi connectivity index (χ1n) is 18.8. The van der Waals surface area contributed by atoms with E-state index in [9.17, 15) is 0 Å². The number of aromatic nitrogens is 2. The van der Waals surface area contributed by atoms with E-state index >= 15 is 0 Å². The summed E-state index contributed by atoms with van der Waals surface area (Å²) in [6.07, 6.45) is 0. The van der Waals surface area contributed by atoms with Gasteiger partial charge in [-0.25, -0.2) is 0 Å². The molecule has 0 aliphatic carbocycles. The number of nitrogens with zero attached hydrogens (tertiary/aromatic N) is 2. The van der Waals surface area contributed by atoms with Crippen LogP contribution in [0.2, 0.25) is 0 Å². The second-order valence-electron chi connectivity index (χ2n) is 14.3. The molecule has 0 atom stereocenters. The summed E-state index contributed by atoms with van der Waals surface area (Å²) in [4.78, 5) is 0. The number of para-hydroxylation sites is 5. The molecule has 3 heterocycles. The maximum Gasteiger partial charge on any atom is 0.138 e. The summed E-state index contributed by atoms with van der Waals surface area (Å²) in [7, 11) is 0. The van der Waals surface area contributed by atoms with Gasteiger partial charge >= 0.3 is 0 Å². The van der Waals surface area contributed by atoms with Crippen molar-refractivity contribution in [2.45, 2.75) is 0 Å². The molecule has 12 rings (SSSR count). The quantitative estimate of drug-likeness (QED) is 0.106. The zero-order valence-electron chi connectivity index (χ0n) is 30.3. The largest absolute Gasteiger partial charge is 0.456 e. The van der Waals surface area contributed by atoms with Crippen LogP contribution in [0, 0.1) is 5.41 Å². The van der Waals surface area contributed by atoms with Crippen molar-refractivity contribution in [2.75, 3.05) is 5.73 Å². The average Bonchev–Trinajstić information content (AvgIpc) is 3.78. The molecule has 0 fully saturated rings. The van der Waals surface area contributed by atoms with Crippen molar-refractivity contribution < 1.29 is 4.42 Å². The fourth-order valence-corrected chi connectivity index (χ4v) is 8.77. The summed E-state index contributed by atoms with van der Waals surface area (Å²) >= 11 is 0. The lowest BCUT2D eigenvalue weighted by Crippen LogP contribution is -2.05. The molecule has 5 nitrogen and oxygen atoms in total. The van der Waals surface area contributed by atoms with Gasteiger partial charge in [-0.2, -0.15) is 0 Å². The molecule has 9 aromatic carbocycles. The van der Waals surface area contributed by atoms with Gasteiger partial charge in [0.25, 0.3) is 0 Å². The molecule has 3 aromatic heterocycles. The molecule has 0 unspecified atom stereocenters. The topological polar surface area (TPSA) is 72.9 Å². The Morgan fingerprint density at radius 3 is 1.70 bits per heavy atom. The zero-order chi connectivity index (χ0) is 37.3. The van der Waals surface area contributed by atoms with Crippen molar-refractivity contribution in [2.24, 2.45) is 0 Å². The van der Waals surface area contributed by atoms with Gasteiger partial charge in [0.1, 0.15) is 11.2 Å². The van der Waals surface area contributed by atoms with Crippen LogP contribution >= 0.6 is 0 Å². The number of nitrogens with two attached hydrogens (primary N) is 1. The van der Waals surface area contributed by atoms with E-state index in [4.69, 9.17) is 15.6 Å². The predicted molar refractivity (Wildman–Crippen MR) is 234 cm³/mol. The standard InChI is InChI=1S/C38H24N2.C13H10N2O/c1-3-11-26(12-4-1)39-34-18-10-8-16-32(34)37-35(39)24-20-25-19-21-31-29(36(25)37)22-23-30-28-15-7-9-17-33(28)40(38(30)31)27-13-5-2-6-14-27;14-9-5-3-7-11-12(9)13(15)8-4-1-2-6-10(8)16-11/h1-24H;1-7,15H,14H2. The van der Waals surface area contributed by atoms with Crippen LogP contribution in [0.1, 0.15) is 0 Å². The van der Waals surface area contributed by atoms with Crippen LogP contribution in [0.5, 0.6) is 0 Å². The highest BCUT2D eigenvalue weighted by Crippen LogP contribution is 2.43. The molecule has 0 saturated heterocycles. The van der Waals surface area contributed by atoms with Crippen LogP contribution in [0.4, 0.5) is 5.69 Å². The van der Waals surface area contributed by atoms with Gasteiger partial charge in [0, 0.05) is 49.4 Å². The fraction of sp³-hybridized carbons (Fsp3) is 0. The lowest BCUT2D eigenvalue weighted by molar-refractivity contribution is 0.659. The second-order valence-corrected chi connectivity index (χ2v) is 14.3. The monoisotopic (exact) mass is 718 g/mol. The smallest absolute Gasteiger partial charge is 0.138 e. The van der Waals surface area contributed by atoms with E-state index in [2.05, 4.69) is 155 Å². The maximum atomic E-state index is 8.13. The van der Waals surface area contributed by atoms with Crippen molar-refractivity contribution >= 4 is 92.8 Å². The van der Waals surface area contributed by atoms with Crippen molar-refractivity contribution in [3.05, 3.63) is 193 Å². The number of anilines is 1. The number of fused-ring (bicyclic) bond motifs is 13. The number of hydrogen-bond acceptors (Lipinski definition) is 3. The Bertz CT molecular complexity index is 3560. The molecule has 56 heavy (non-hydrogen) atoms. The molecule has 0 aliphatic heterocycles. The van der Waals surface area contributed by atoms with Crippen LogP contribution < -0.4 is 11.1 Å². The average molecular weight is 719 g/mol. The van der Waals surface area contributed by atoms with Crippen LogP contribution in [0.25, 0.3) is 98.5 Å². The molecule has 0 amide bonds. The first-order valence-corrected chi connectivity index (χ1v) is 18.8. The van der Waals surface area contributed by atoms with Gasteiger partial charge in [0.2, 0.25) is 0 Å². The minimum absolute atomic E-state index is 0.426. The van der Waals surface area contributed by atoms with Crippen LogP contribution in [-0.2, 0) is 0 Å². The van der Waals surface area contributed by atoms with Crippen molar-refractivity contribution in [3.8, 4) is 11.4 Å². The highest BCUT2D eigenvalue weighted by Gasteiger charge is 2.19. The number of benzene rings is 9. The Morgan fingerprint density at radius 2 is 0.929 bits per heavy atom. The highest BCUT2D eigenvalue weighted by molar-refractivity contribution is 6.31. The molecule has 12 aromatic rings. The van der Waals surface area contributed by atoms with Gasteiger partial charge in [-0.05, 0) is 82.9 Å². The first-order chi connectivity index (χ1) is 27.7. The van der Waals surface area contributed by atoms with Gasteiger partial charge in [-0.3, -0.25) is 5.41 Å². The predicted octanol–water partition coefficient (Wildman–Crippen LogP) is 12.8. The van der Waals surface area contributed by atoms with Gasteiger partial charge in [0.15, 0.2) is 0 Å². The van der Waals surface area contributed by atoms with E-state index in [0.29, 0.717) is 27.6 Å². The van der Waals surface area contributed by atoms with E-state index in [-0.39, 0.29) is 0 Å². The Balaban J connectivity index is 0.000000190. The van der Waals surface area contributed by atoms with Crippen molar-refractivity contribution in [3.63, 3.8) is 0 Å². The number of nitrogen functional groups attached to an aromatic ring is 1. The Hall–Kier alpha value is -7.63. The lowest BCUT2D eigenvalue weighted by Gasteiger charge is -2.12. The van der Waals surface area contributed by atoms with Crippen LogP contribution in [0.15, 0.2) is 192 Å². The molecule has 0 spiro atoms. The molecule has 0 aliphatic rings. The van der Waals surface area contributed by atoms with E-state index in [1.165, 1.54) is 76.5 Å². The Morgan fingerprint density at radius 1 is 0.375 bits per heavy atom. The lowest BCUT2D eigenvalue weighted by atomic mass is 9.96. The number of nitrogens with one attached hydrogen (secondary N) is 1. The molecule has 0 saturated carbocycles. The normalized spacial score (nSPS) is 11.7. The molecule has 3 N–H and O–H groups in total. The Labute approximate surface area is 321 Å². The molecule has 0 radical (unpaired) electrons. The third-order valence-corrected chi connectivity index (χ3v) is 11.2. The van der Waals surface area contributed by atoms with Crippen LogP contribution in [-0.4, -0.2) is 9.13 Å². The SMILES string of the molecule is N=c1c2ccccc2oc2cccc(N)c12.c1ccc(-n2c3ccccc3c3c4c(ccc5c4ccc4c6ccccc6n(-c6ccccc6)c54)ccc32)cc1. The van der Waals surface area contributed by atoms with E-state index in [1.807, 2.05) is 36.4 Å². The zero-order valence-corrected chi connectivity index (χ0v) is 30.3. The Kier molecular flexibility index (Phi) is 7.09. The summed E-state index contributed by atoms with van der Waals surface area (Å²) in [6.45, 7) is 0. The summed E-state index contributed by atoms with van der Waals surface area (Å²) in [6, 6.07) is 65.8. The molecular formula is C51H34N4O. The van der Waals surface area contributed by atoms with Gasteiger partial charge in [0.05, 0.1) is 32.8 Å². The first kappa shape index (κ1) is 31.9. The van der Waals surface area contributed by atoms with E-state index in [0.717, 1.165) is 5.39 Å². The number of hydrogen-bond donors (Lipinski definition) is 2. The number of rotatable bonds is 2. The summed E-state index contributed by atoms with van der Waals surface area (Å²) in [5.74, 6) is 0. The van der Waals surface area contributed by atoms with Gasteiger partial charge < -0.3 is 19.3 Å². The molecular weight excluding hydrogens is 685 g/mol. The highest BCUT2D eigenvalue weighted by atomic mass is 16.3. The van der Waals surface area contributed by atoms with Gasteiger partial charge in [-0.1, -0.05) is 121 Å². The second kappa shape index (κ2) is 12.5. The third-order valence-electron chi connectivity index (χ3n) is 11.2. The van der Waals surface area contributed by atoms with E-state index < -0.39 is 0 Å². The molecule has 264 valence electrons. The van der Waals surface area contributed by atoms with Gasteiger partial charge in [-0.15, -0.1) is 0 Å². The van der Waals surface area contributed by atoms with Crippen molar-refractivity contribution in [1.29, 1.82) is 5.41 Å². The third kappa shape index (κ3) is 4.71. The minimum atomic E-state index is 0.426. The molecule has 5 heteroatoms. The fourth-order valence-electron chi connectivity index (χ4n) is 8.77. The summed E-state index contributed by atoms with van der Waals surface area (Å²) in [5.41, 5.74) is 15.1. The maximum absolute atomic E-state index is 8.13. The van der Waals surface area contributed by atoms with Crippen LogP contribution in [0.3, 0.4) is 0 Å². The molecule has 0 bridgehead atoms. The minimum Gasteiger partial charge on any atom is -0.456 e. The summed E-state index contributed by atoms with van der Waals surface area (Å²) in [5, 5.41) is 20.3. The van der Waals surface area contributed by atoms with E-state index in [1.54, 1.807) is 6.07 Å².